The number of phenols is 1. The molecular weight excluding hydrogens is 316 g/mol. The molecule has 0 aromatic heterocycles. The van der Waals surface area contributed by atoms with E-state index in [1.807, 2.05) is 20.8 Å². The van der Waals surface area contributed by atoms with Crippen LogP contribution in [0.15, 0.2) is 0 Å². The second-order valence-electron chi connectivity index (χ2n) is 6.18. The van der Waals surface area contributed by atoms with Crippen LogP contribution in [0.1, 0.15) is 35.6 Å². The van der Waals surface area contributed by atoms with E-state index in [4.69, 9.17) is 4.74 Å². The van der Waals surface area contributed by atoms with E-state index in [1.54, 1.807) is 6.92 Å². The topological polar surface area (TPSA) is 111 Å². The summed E-state index contributed by atoms with van der Waals surface area (Å²) >= 11 is 0. The molecule has 1 aromatic carbocycles. The summed E-state index contributed by atoms with van der Waals surface area (Å²) in [6, 6.07) is 0. The van der Waals surface area contributed by atoms with Gasteiger partial charge in [-0.05, 0) is 50.8 Å². The number of rotatable bonds is 5. The second kappa shape index (κ2) is 6.54. The van der Waals surface area contributed by atoms with Gasteiger partial charge in [0, 0.05) is 18.5 Å². The molecule has 0 bridgehead atoms. The van der Waals surface area contributed by atoms with E-state index in [1.165, 1.54) is 0 Å². The van der Waals surface area contributed by atoms with Crippen LogP contribution in [0.2, 0.25) is 0 Å². The van der Waals surface area contributed by atoms with Crippen LogP contribution in [0, 0.1) is 30.9 Å². The Morgan fingerprint density at radius 3 is 2.67 bits per heavy atom. The number of nitrogens with zero attached hydrogens (tertiary/aromatic N) is 1. The van der Waals surface area contributed by atoms with E-state index in [0.29, 0.717) is 18.6 Å². The zero-order chi connectivity index (χ0) is 18.1. The fourth-order valence-corrected chi connectivity index (χ4v) is 2.88. The maximum Gasteiger partial charge on any atom is 0.294 e. The summed E-state index contributed by atoms with van der Waals surface area (Å²) in [5.74, 6) is 0.552. The minimum Gasteiger partial charge on any atom is -0.507 e. The van der Waals surface area contributed by atoms with Crippen LogP contribution in [0.25, 0.3) is 0 Å². The average molecular weight is 338 g/mol. The van der Waals surface area contributed by atoms with Crippen molar-refractivity contribution in [1.29, 1.82) is 0 Å². The van der Waals surface area contributed by atoms with Crippen molar-refractivity contribution < 1.29 is 24.6 Å². The van der Waals surface area contributed by atoms with Crippen LogP contribution in [0.5, 0.6) is 11.5 Å². The van der Waals surface area contributed by atoms with Gasteiger partial charge in [-0.25, -0.2) is 0 Å². The van der Waals surface area contributed by atoms with Gasteiger partial charge in [0.25, 0.3) is 11.0 Å². The first-order chi connectivity index (χ1) is 11.2. The maximum atomic E-state index is 12.4. The molecule has 132 valence electrons. The molecule has 0 aliphatic carbocycles. The van der Waals surface area contributed by atoms with Crippen molar-refractivity contribution in [3.8, 4) is 11.5 Å². The molecule has 2 N–H and O–H groups in total. The van der Waals surface area contributed by atoms with E-state index < -0.39 is 10.7 Å². The van der Waals surface area contributed by atoms with Crippen LogP contribution >= 0.6 is 0 Å². The molecule has 0 spiro atoms. The van der Waals surface area contributed by atoms with Crippen molar-refractivity contribution in [3.63, 3.8) is 0 Å². The molecule has 1 heterocycles. The number of aromatic hydroxyl groups is 1. The number of hydrogen-bond donors (Lipinski definition) is 2. The lowest BCUT2D eigenvalue weighted by atomic mass is 9.86. The first kappa shape index (κ1) is 17.8. The predicted octanol–water partition coefficient (Wildman–Crippen LogP) is 1.73. The van der Waals surface area contributed by atoms with Crippen LogP contribution < -0.4 is 10.1 Å². The normalized spacial score (nSPS) is 19.2. The van der Waals surface area contributed by atoms with Gasteiger partial charge in [-0.3, -0.25) is 4.79 Å². The van der Waals surface area contributed by atoms with Crippen molar-refractivity contribution in [1.82, 2.24) is 5.32 Å². The molecule has 8 nitrogen and oxygen atoms in total. The number of carbonyl (C=O) groups excluding carboxylic acids is 1. The molecule has 0 saturated heterocycles. The van der Waals surface area contributed by atoms with Gasteiger partial charge >= 0.3 is 0 Å². The molecule has 1 unspecified atom stereocenters. The third kappa shape index (κ3) is 3.22. The lowest BCUT2D eigenvalue weighted by Crippen LogP contribution is -2.51. The largest absolute Gasteiger partial charge is 0.507 e. The number of ether oxygens (including phenoxy) is 1. The number of carbonyl (C=O) groups is 1. The van der Waals surface area contributed by atoms with Crippen LogP contribution in [-0.2, 0) is 16.1 Å². The molecule has 0 radical (unpaired) electrons. The van der Waals surface area contributed by atoms with E-state index >= 15 is 0 Å². The van der Waals surface area contributed by atoms with Gasteiger partial charge in [0.1, 0.15) is 18.1 Å². The van der Waals surface area contributed by atoms with Gasteiger partial charge in [0.05, 0.1) is 0 Å². The Hall–Kier alpha value is -2.51. The van der Waals surface area contributed by atoms with Crippen molar-refractivity contribution in [3.05, 3.63) is 32.4 Å². The lowest BCUT2D eigenvalue weighted by molar-refractivity contribution is -0.757. The monoisotopic (exact) mass is 338 g/mol. The Balaban J connectivity index is 2.16. The summed E-state index contributed by atoms with van der Waals surface area (Å²) in [5.41, 5.74) is 2.16. The van der Waals surface area contributed by atoms with Gasteiger partial charge in [-0.1, -0.05) is 0 Å². The summed E-state index contributed by atoms with van der Waals surface area (Å²) in [6.45, 7) is 7.00. The van der Waals surface area contributed by atoms with E-state index in [2.05, 4.69) is 10.2 Å². The Kier molecular flexibility index (Phi) is 4.86. The molecule has 1 aliphatic rings. The van der Waals surface area contributed by atoms with Crippen molar-refractivity contribution in [2.75, 3.05) is 13.2 Å². The summed E-state index contributed by atoms with van der Waals surface area (Å²) in [4.78, 5) is 26.7. The molecule has 1 amide bonds. The molecule has 8 heteroatoms. The first-order valence-electron chi connectivity index (χ1n) is 7.73. The minimum atomic E-state index is -1.07. The molecule has 1 aliphatic heterocycles. The maximum absolute atomic E-state index is 12.4. The molecule has 0 saturated carbocycles. The fourth-order valence-electron chi connectivity index (χ4n) is 2.88. The molecular formula is C16H22N2O6. The average Bonchev–Trinajstić information content (AvgIpc) is 2.54. The highest BCUT2D eigenvalue weighted by atomic mass is 16.9. The number of fused-ring (bicyclic) bond motifs is 1. The van der Waals surface area contributed by atoms with Gasteiger partial charge in [-0.2, -0.15) is 0 Å². The smallest absolute Gasteiger partial charge is 0.294 e. The van der Waals surface area contributed by atoms with Gasteiger partial charge < -0.3 is 20.0 Å². The second-order valence-corrected chi connectivity index (χ2v) is 6.18. The Morgan fingerprint density at radius 2 is 2.04 bits per heavy atom. The number of benzene rings is 1. The molecule has 1 aromatic rings. The SMILES string of the molecule is Cc1c(C)c2c(c(C)c1O)CCC(C)(C(=O)NCCO[N+](=O)[O-])O2. The Bertz CT molecular complexity index is 688. The lowest BCUT2D eigenvalue weighted by Gasteiger charge is -2.36. The highest BCUT2D eigenvalue weighted by Gasteiger charge is 2.40. The zero-order valence-corrected chi connectivity index (χ0v) is 14.3. The highest BCUT2D eigenvalue weighted by Crippen LogP contribution is 2.43. The Morgan fingerprint density at radius 1 is 1.38 bits per heavy atom. The van der Waals surface area contributed by atoms with Crippen molar-refractivity contribution >= 4 is 5.91 Å². The molecule has 2 rings (SSSR count). The number of hydrogen-bond acceptors (Lipinski definition) is 6. The molecule has 1 atom stereocenters. The van der Waals surface area contributed by atoms with E-state index in [9.17, 15) is 20.0 Å². The number of phenolic OH excluding ortho intramolecular Hbond substituents is 1. The standard InChI is InChI=1S/C16H22N2O6/c1-9-10(2)14-12(11(3)13(9)19)5-6-16(4,24-14)15(20)17-7-8-23-18(21)22/h19H,5-8H2,1-4H3,(H,17,20). The fraction of sp³-hybridized carbons (Fsp3) is 0.562. The number of amides is 1. The van der Waals surface area contributed by atoms with Crippen molar-refractivity contribution in [2.45, 2.75) is 46.1 Å². The molecule has 24 heavy (non-hydrogen) atoms. The third-order valence-corrected chi connectivity index (χ3v) is 4.58. The summed E-state index contributed by atoms with van der Waals surface area (Å²) in [7, 11) is 0. The van der Waals surface area contributed by atoms with Crippen molar-refractivity contribution in [2.24, 2.45) is 0 Å². The van der Waals surface area contributed by atoms with E-state index in [-0.39, 0.29) is 24.8 Å². The van der Waals surface area contributed by atoms with E-state index in [0.717, 1.165) is 22.3 Å². The van der Waals surface area contributed by atoms with Gasteiger partial charge in [0.15, 0.2) is 5.60 Å². The quantitative estimate of drug-likeness (QED) is 0.480. The highest BCUT2D eigenvalue weighted by molar-refractivity contribution is 5.85. The number of nitrogens with one attached hydrogen (secondary N) is 1. The Labute approximate surface area is 139 Å². The third-order valence-electron chi connectivity index (χ3n) is 4.58. The van der Waals surface area contributed by atoms with Gasteiger partial charge in [0.2, 0.25) is 0 Å². The minimum absolute atomic E-state index is 0.0260. The van der Waals surface area contributed by atoms with Gasteiger partial charge in [-0.15, -0.1) is 10.1 Å². The zero-order valence-electron chi connectivity index (χ0n) is 14.3. The molecule has 0 fully saturated rings. The van der Waals surface area contributed by atoms with Crippen LogP contribution in [-0.4, -0.2) is 34.9 Å². The summed E-state index contributed by atoms with van der Waals surface area (Å²) < 4.78 is 6.01. The summed E-state index contributed by atoms with van der Waals surface area (Å²) in [6.07, 6.45) is 1.05. The predicted molar refractivity (Wildman–Crippen MR) is 85.6 cm³/mol. The first-order valence-corrected chi connectivity index (χ1v) is 7.73. The summed E-state index contributed by atoms with van der Waals surface area (Å²) in [5, 5.41) is 22.0. The van der Waals surface area contributed by atoms with Crippen LogP contribution in [0.4, 0.5) is 0 Å². The van der Waals surface area contributed by atoms with Crippen LogP contribution in [0.3, 0.4) is 0 Å².